The molecule has 9 nitrogen and oxygen atoms in total. The first-order valence-corrected chi connectivity index (χ1v) is 14.6. The molecule has 5 rings (SSSR count). The molecule has 0 bridgehead atoms. The van der Waals surface area contributed by atoms with Crippen molar-refractivity contribution in [1.29, 1.82) is 5.26 Å². The molecular weight excluding hydrogens is 557 g/mol. The van der Waals surface area contributed by atoms with E-state index in [4.69, 9.17) is 15.1 Å². The topological polar surface area (TPSA) is 128 Å². The van der Waals surface area contributed by atoms with Gasteiger partial charge >= 0.3 is 0 Å². The summed E-state index contributed by atoms with van der Waals surface area (Å²) < 4.78 is 0. The summed E-state index contributed by atoms with van der Waals surface area (Å²) in [5.74, 6) is -0.566. The van der Waals surface area contributed by atoms with Crippen molar-refractivity contribution in [2.75, 3.05) is 18.2 Å². The van der Waals surface area contributed by atoms with Crippen LogP contribution >= 0.6 is 23.1 Å². The van der Waals surface area contributed by atoms with Gasteiger partial charge in [0.25, 0.3) is 5.91 Å². The maximum atomic E-state index is 13.2. The third kappa shape index (κ3) is 5.79. The number of β-lactam (4-membered cyclic amide) rings is 1. The number of benzene rings is 3. The fourth-order valence-corrected chi connectivity index (χ4v) is 6.04. The van der Waals surface area contributed by atoms with Gasteiger partial charge in [-0.15, -0.1) is 11.3 Å². The van der Waals surface area contributed by atoms with Gasteiger partial charge in [0.15, 0.2) is 10.8 Å². The number of nitrogens with one attached hydrogen (secondary N) is 3. The number of carbonyl (C=O) groups excluding carboxylic acids is 2. The highest BCUT2D eigenvalue weighted by molar-refractivity contribution is 8.03. The van der Waals surface area contributed by atoms with Crippen LogP contribution in [0.2, 0.25) is 0 Å². The number of oxime groups is 1. The number of hydrogen-bond acceptors (Lipinski definition) is 9. The van der Waals surface area contributed by atoms with Gasteiger partial charge in [0.05, 0.1) is 6.04 Å². The van der Waals surface area contributed by atoms with E-state index in [0.29, 0.717) is 16.6 Å². The lowest BCUT2D eigenvalue weighted by atomic mass is 9.77. The molecule has 3 N–H and O–H groups in total. The number of thiazole rings is 1. The molecule has 0 saturated carbocycles. The number of thiocyanates is 1. The number of thioether (sulfide) groups is 1. The van der Waals surface area contributed by atoms with Crippen LogP contribution in [-0.2, 0) is 20.0 Å². The average Bonchev–Trinajstić information content (AvgIpc) is 3.48. The number of nitriles is 1. The van der Waals surface area contributed by atoms with Gasteiger partial charge in [0, 0.05) is 11.1 Å². The molecule has 3 aromatic carbocycles. The SMILES string of the molecule is CO/N=C(\C(=O)NC1C(=O)NC1CSC#N)c1csc(NC(c2ccccc2)(c2ccccc2)c2ccccc2)n1. The third-order valence-electron chi connectivity index (χ3n) is 6.69. The molecule has 0 aliphatic carbocycles. The lowest BCUT2D eigenvalue weighted by Crippen LogP contribution is -2.70. The molecule has 1 saturated heterocycles. The summed E-state index contributed by atoms with van der Waals surface area (Å²) in [4.78, 5) is 35.1. The highest BCUT2D eigenvalue weighted by atomic mass is 32.2. The second-order valence-electron chi connectivity index (χ2n) is 9.10. The summed E-state index contributed by atoms with van der Waals surface area (Å²) in [6.07, 6.45) is 0. The molecule has 41 heavy (non-hydrogen) atoms. The predicted molar refractivity (Wildman–Crippen MR) is 160 cm³/mol. The largest absolute Gasteiger partial charge is 0.398 e. The smallest absolute Gasteiger partial charge is 0.276 e. The van der Waals surface area contributed by atoms with Crippen LogP contribution in [0, 0.1) is 10.7 Å². The Kier molecular flexibility index (Phi) is 8.62. The highest BCUT2D eigenvalue weighted by Gasteiger charge is 2.41. The van der Waals surface area contributed by atoms with Gasteiger partial charge in [-0.05, 0) is 28.5 Å². The maximum Gasteiger partial charge on any atom is 0.276 e. The van der Waals surface area contributed by atoms with E-state index in [0.717, 1.165) is 28.5 Å². The van der Waals surface area contributed by atoms with E-state index in [1.807, 2.05) is 60.0 Å². The number of rotatable bonds is 11. The molecule has 1 aliphatic rings. The van der Waals surface area contributed by atoms with Gasteiger partial charge in [-0.2, -0.15) is 5.26 Å². The van der Waals surface area contributed by atoms with Crippen LogP contribution in [0.3, 0.4) is 0 Å². The molecule has 1 aromatic heterocycles. The Bertz CT molecular complexity index is 1480. The van der Waals surface area contributed by atoms with Crippen molar-refractivity contribution in [3.05, 3.63) is 119 Å². The number of amides is 2. The molecule has 4 aromatic rings. The van der Waals surface area contributed by atoms with E-state index >= 15 is 0 Å². The first kappa shape index (κ1) is 27.9. The minimum atomic E-state index is -0.796. The second kappa shape index (κ2) is 12.7. The molecule has 11 heteroatoms. The zero-order chi connectivity index (χ0) is 28.7. The molecule has 1 fully saturated rings. The van der Waals surface area contributed by atoms with Gasteiger partial charge in [0.1, 0.15) is 29.8 Å². The first-order valence-electron chi connectivity index (χ1n) is 12.7. The van der Waals surface area contributed by atoms with Crippen LogP contribution in [0.1, 0.15) is 22.4 Å². The molecule has 0 radical (unpaired) electrons. The quantitative estimate of drug-likeness (QED) is 0.0799. The van der Waals surface area contributed by atoms with Gasteiger partial charge in [-0.25, -0.2) is 4.98 Å². The lowest BCUT2D eigenvalue weighted by Gasteiger charge is -2.36. The van der Waals surface area contributed by atoms with Crippen LogP contribution in [-0.4, -0.2) is 47.5 Å². The van der Waals surface area contributed by atoms with Crippen LogP contribution in [0.5, 0.6) is 0 Å². The zero-order valence-electron chi connectivity index (χ0n) is 22.0. The third-order valence-corrected chi connectivity index (χ3v) is 8.10. The minimum Gasteiger partial charge on any atom is -0.398 e. The Morgan fingerprint density at radius 2 is 1.61 bits per heavy atom. The number of anilines is 1. The Balaban J connectivity index is 1.49. The molecule has 2 unspecified atom stereocenters. The lowest BCUT2D eigenvalue weighted by molar-refractivity contribution is -0.134. The van der Waals surface area contributed by atoms with Crippen LogP contribution in [0.4, 0.5) is 5.13 Å². The second-order valence-corrected chi connectivity index (χ2v) is 10.8. The normalized spacial score (nSPS) is 16.6. The van der Waals surface area contributed by atoms with E-state index in [1.165, 1.54) is 18.4 Å². The minimum absolute atomic E-state index is 0.0621. The van der Waals surface area contributed by atoms with Crippen molar-refractivity contribution in [2.24, 2.45) is 5.16 Å². The Morgan fingerprint density at radius 1 is 1.05 bits per heavy atom. The van der Waals surface area contributed by atoms with Gasteiger partial charge in [0.2, 0.25) is 5.91 Å². The molecule has 2 amide bonds. The number of aromatic nitrogens is 1. The number of carbonyl (C=O) groups is 2. The van der Waals surface area contributed by atoms with Crippen LogP contribution in [0.15, 0.2) is 102 Å². The van der Waals surface area contributed by atoms with E-state index in [9.17, 15) is 9.59 Å². The van der Waals surface area contributed by atoms with E-state index in [-0.39, 0.29) is 17.7 Å². The van der Waals surface area contributed by atoms with Crippen molar-refractivity contribution in [3.8, 4) is 5.40 Å². The van der Waals surface area contributed by atoms with Crippen molar-refractivity contribution < 1.29 is 14.4 Å². The summed E-state index contributed by atoms with van der Waals surface area (Å²) in [7, 11) is 1.34. The van der Waals surface area contributed by atoms with E-state index in [1.54, 1.807) is 5.38 Å². The molecular formula is C30H26N6O3S2. The highest BCUT2D eigenvalue weighted by Crippen LogP contribution is 2.40. The first-order chi connectivity index (χ1) is 20.1. The van der Waals surface area contributed by atoms with Gasteiger partial charge in [-0.3, -0.25) is 9.59 Å². The summed E-state index contributed by atoms with van der Waals surface area (Å²) in [5.41, 5.74) is 2.46. The molecule has 2 heterocycles. The monoisotopic (exact) mass is 582 g/mol. The molecule has 2 atom stereocenters. The van der Waals surface area contributed by atoms with Crippen molar-refractivity contribution >= 4 is 45.8 Å². The Labute approximate surface area is 245 Å². The average molecular weight is 583 g/mol. The Hall–Kier alpha value is -4.66. The molecule has 0 spiro atoms. The predicted octanol–water partition coefficient (Wildman–Crippen LogP) is 4.10. The molecule has 1 aliphatic heterocycles. The standard InChI is InChI=1S/C30H26N6O3S2/c1-39-36-26(28(38)34-25-23(17-40-19-31)32-27(25)37)24-18-41-29(33-24)35-30(20-11-5-2-6-12-20,21-13-7-3-8-14-21)22-15-9-4-10-16-22/h2-16,18,23,25H,17H2,1H3,(H,32,37)(H,33,35)(H,34,38)/b36-26-. The fraction of sp³-hybridized carbons (Fsp3) is 0.167. The van der Waals surface area contributed by atoms with Gasteiger partial charge < -0.3 is 20.8 Å². The van der Waals surface area contributed by atoms with Crippen molar-refractivity contribution in [2.45, 2.75) is 17.6 Å². The maximum absolute atomic E-state index is 13.2. The summed E-state index contributed by atoms with van der Waals surface area (Å²) in [6.45, 7) is 0. The zero-order valence-corrected chi connectivity index (χ0v) is 23.6. The summed E-state index contributed by atoms with van der Waals surface area (Å²) in [6, 6.07) is 29.2. The summed E-state index contributed by atoms with van der Waals surface area (Å²) >= 11 is 2.33. The van der Waals surface area contributed by atoms with Gasteiger partial charge in [-0.1, -0.05) is 96.2 Å². The number of hydrogen-bond donors (Lipinski definition) is 3. The molecule has 206 valence electrons. The van der Waals surface area contributed by atoms with E-state index in [2.05, 4.69) is 57.5 Å². The van der Waals surface area contributed by atoms with Crippen LogP contribution in [0.25, 0.3) is 0 Å². The fourth-order valence-electron chi connectivity index (χ4n) is 4.76. The van der Waals surface area contributed by atoms with Crippen molar-refractivity contribution in [1.82, 2.24) is 15.6 Å². The van der Waals surface area contributed by atoms with Crippen LogP contribution < -0.4 is 16.0 Å². The number of nitrogens with zero attached hydrogens (tertiary/aromatic N) is 3. The van der Waals surface area contributed by atoms with Crippen molar-refractivity contribution in [3.63, 3.8) is 0 Å². The summed E-state index contributed by atoms with van der Waals surface area (Å²) in [5, 5.41) is 26.1. The van der Waals surface area contributed by atoms with E-state index < -0.39 is 17.5 Å². The Morgan fingerprint density at radius 3 is 2.10 bits per heavy atom.